The van der Waals surface area contributed by atoms with Gasteiger partial charge in [0.05, 0.1) is 10.3 Å². The monoisotopic (exact) mass is 340 g/mol. The molecule has 0 radical (unpaired) electrons. The van der Waals surface area contributed by atoms with Crippen molar-refractivity contribution in [1.29, 1.82) is 0 Å². The zero-order valence-electron chi connectivity index (χ0n) is 9.59. The van der Waals surface area contributed by atoms with Gasteiger partial charge in [0, 0.05) is 16.6 Å². The SMILES string of the molecule is O=C(NCc1ccc(Br)s1)c1ccnc(C(=O)O)c1. The Morgan fingerprint density at radius 2 is 2.16 bits per heavy atom. The zero-order chi connectivity index (χ0) is 13.8. The van der Waals surface area contributed by atoms with Crippen LogP contribution in [0.1, 0.15) is 25.7 Å². The molecule has 98 valence electrons. The minimum Gasteiger partial charge on any atom is -0.477 e. The normalized spacial score (nSPS) is 10.2. The van der Waals surface area contributed by atoms with Crippen molar-refractivity contribution >= 4 is 39.1 Å². The van der Waals surface area contributed by atoms with Crippen molar-refractivity contribution in [3.63, 3.8) is 0 Å². The van der Waals surface area contributed by atoms with Crippen LogP contribution in [0.15, 0.2) is 34.2 Å². The maximum Gasteiger partial charge on any atom is 0.354 e. The fourth-order valence-corrected chi connectivity index (χ4v) is 2.83. The first kappa shape index (κ1) is 13.7. The van der Waals surface area contributed by atoms with Crippen LogP contribution in [0.2, 0.25) is 0 Å². The highest BCUT2D eigenvalue weighted by molar-refractivity contribution is 9.11. The second-order valence-electron chi connectivity index (χ2n) is 3.62. The number of pyridine rings is 1. The minimum atomic E-state index is -1.16. The molecular formula is C12H9BrN2O3S. The Morgan fingerprint density at radius 3 is 2.79 bits per heavy atom. The molecule has 0 aliphatic heterocycles. The third kappa shape index (κ3) is 3.62. The van der Waals surface area contributed by atoms with E-state index in [1.807, 2.05) is 12.1 Å². The Bertz CT molecular complexity index is 627. The predicted molar refractivity (Wildman–Crippen MR) is 74.4 cm³/mol. The van der Waals surface area contributed by atoms with E-state index in [2.05, 4.69) is 26.2 Å². The number of hydrogen-bond donors (Lipinski definition) is 2. The predicted octanol–water partition coefficient (Wildman–Crippen LogP) is 2.53. The first-order chi connectivity index (χ1) is 9.06. The molecule has 1 amide bonds. The van der Waals surface area contributed by atoms with Gasteiger partial charge in [-0.15, -0.1) is 11.3 Å². The highest BCUT2D eigenvalue weighted by atomic mass is 79.9. The second kappa shape index (κ2) is 5.94. The molecule has 0 atom stereocenters. The van der Waals surface area contributed by atoms with E-state index in [4.69, 9.17) is 5.11 Å². The van der Waals surface area contributed by atoms with Crippen LogP contribution in [0, 0.1) is 0 Å². The van der Waals surface area contributed by atoms with Crippen LogP contribution in [0.4, 0.5) is 0 Å². The van der Waals surface area contributed by atoms with E-state index >= 15 is 0 Å². The van der Waals surface area contributed by atoms with Crippen molar-refractivity contribution in [1.82, 2.24) is 10.3 Å². The number of thiophene rings is 1. The number of carboxylic acids is 1. The summed E-state index contributed by atoms with van der Waals surface area (Å²) in [5.41, 5.74) is 0.134. The molecule has 2 rings (SSSR count). The number of hydrogen-bond acceptors (Lipinski definition) is 4. The molecule has 0 spiro atoms. The van der Waals surface area contributed by atoms with E-state index in [-0.39, 0.29) is 17.2 Å². The number of nitrogens with zero attached hydrogens (tertiary/aromatic N) is 1. The van der Waals surface area contributed by atoms with E-state index in [0.29, 0.717) is 6.54 Å². The number of carbonyl (C=O) groups is 2. The number of carbonyl (C=O) groups excluding carboxylic acids is 1. The minimum absolute atomic E-state index is 0.147. The maximum atomic E-state index is 11.9. The molecule has 2 N–H and O–H groups in total. The number of rotatable bonds is 4. The molecule has 0 aliphatic rings. The first-order valence-electron chi connectivity index (χ1n) is 5.28. The number of aromatic carboxylic acids is 1. The molecule has 2 aromatic rings. The summed E-state index contributed by atoms with van der Waals surface area (Å²) in [6.45, 7) is 0.403. The molecule has 0 aliphatic carbocycles. The molecule has 5 nitrogen and oxygen atoms in total. The van der Waals surface area contributed by atoms with Gasteiger partial charge in [-0.2, -0.15) is 0 Å². The number of carboxylic acid groups (broad SMARTS) is 1. The molecule has 7 heteroatoms. The lowest BCUT2D eigenvalue weighted by Gasteiger charge is -2.04. The van der Waals surface area contributed by atoms with Crippen molar-refractivity contribution in [3.8, 4) is 0 Å². The second-order valence-corrected chi connectivity index (χ2v) is 6.17. The summed E-state index contributed by atoms with van der Waals surface area (Å²) in [6.07, 6.45) is 1.31. The van der Waals surface area contributed by atoms with Gasteiger partial charge in [-0.25, -0.2) is 9.78 Å². The Hall–Kier alpha value is -1.73. The Balaban J connectivity index is 2.03. The van der Waals surface area contributed by atoms with Crippen LogP contribution < -0.4 is 5.32 Å². The summed E-state index contributed by atoms with van der Waals surface area (Å²) in [4.78, 5) is 27.3. The quantitative estimate of drug-likeness (QED) is 0.896. The fourth-order valence-electron chi connectivity index (χ4n) is 1.40. The van der Waals surface area contributed by atoms with E-state index in [0.717, 1.165) is 8.66 Å². The molecule has 2 heterocycles. The first-order valence-corrected chi connectivity index (χ1v) is 6.89. The van der Waals surface area contributed by atoms with E-state index in [1.54, 1.807) is 0 Å². The molecule has 0 bridgehead atoms. The van der Waals surface area contributed by atoms with Crippen LogP contribution in [0.25, 0.3) is 0 Å². The van der Waals surface area contributed by atoms with E-state index in [9.17, 15) is 9.59 Å². The summed E-state index contributed by atoms with van der Waals surface area (Å²) in [5.74, 6) is -1.48. The van der Waals surface area contributed by atoms with Crippen LogP contribution in [0.5, 0.6) is 0 Å². The van der Waals surface area contributed by atoms with Crippen molar-refractivity contribution in [2.24, 2.45) is 0 Å². The topological polar surface area (TPSA) is 79.3 Å². The number of amides is 1. The largest absolute Gasteiger partial charge is 0.477 e. The lowest BCUT2D eigenvalue weighted by molar-refractivity contribution is 0.0690. The smallest absolute Gasteiger partial charge is 0.354 e. The molecule has 0 fully saturated rings. The summed E-state index contributed by atoms with van der Waals surface area (Å²) in [5, 5.41) is 11.5. The number of halogens is 1. The van der Waals surface area contributed by atoms with E-state index in [1.165, 1.54) is 29.7 Å². The fraction of sp³-hybridized carbons (Fsp3) is 0.0833. The van der Waals surface area contributed by atoms with Crippen molar-refractivity contribution in [3.05, 3.63) is 50.4 Å². The molecule has 19 heavy (non-hydrogen) atoms. The van der Waals surface area contributed by atoms with Crippen molar-refractivity contribution in [2.75, 3.05) is 0 Å². The highest BCUT2D eigenvalue weighted by Gasteiger charge is 2.10. The van der Waals surface area contributed by atoms with Gasteiger partial charge >= 0.3 is 5.97 Å². The number of aromatic nitrogens is 1. The molecule has 0 saturated carbocycles. The average Bonchev–Trinajstić information content (AvgIpc) is 2.82. The highest BCUT2D eigenvalue weighted by Crippen LogP contribution is 2.21. The molecule has 0 saturated heterocycles. The van der Waals surface area contributed by atoms with E-state index < -0.39 is 5.97 Å². The van der Waals surface area contributed by atoms with Gasteiger partial charge < -0.3 is 10.4 Å². The number of nitrogens with one attached hydrogen (secondary N) is 1. The van der Waals surface area contributed by atoms with Gasteiger partial charge in [-0.05, 0) is 40.2 Å². The summed E-state index contributed by atoms with van der Waals surface area (Å²) < 4.78 is 0.994. The maximum absolute atomic E-state index is 11.9. The van der Waals surface area contributed by atoms with Crippen molar-refractivity contribution < 1.29 is 14.7 Å². The van der Waals surface area contributed by atoms with Gasteiger partial charge in [0.2, 0.25) is 0 Å². The third-order valence-corrected chi connectivity index (χ3v) is 3.92. The standard InChI is InChI=1S/C12H9BrN2O3S/c13-10-2-1-8(19-10)6-15-11(16)7-3-4-14-9(5-7)12(17)18/h1-5H,6H2,(H,15,16)(H,17,18). The van der Waals surface area contributed by atoms with Crippen LogP contribution in [0.3, 0.4) is 0 Å². The van der Waals surface area contributed by atoms with Crippen LogP contribution in [-0.2, 0) is 6.54 Å². The summed E-state index contributed by atoms with van der Waals surface area (Å²) in [7, 11) is 0. The molecule has 0 aromatic carbocycles. The Kier molecular flexibility index (Phi) is 4.28. The molecular weight excluding hydrogens is 332 g/mol. The third-order valence-electron chi connectivity index (χ3n) is 2.29. The molecule has 2 aromatic heterocycles. The average molecular weight is 341 g/mol. The van der Waals surface area contributed by atoms with Gasteiger partial charge in [0.1, 0.15) is 5.69 Å². The lowest BCUT2D eigenvalue weighted by Crippen LogP contribution is -2.22. The van der Waals surface area contributed by atoms with Crippen LogP contribution >= 0.6 is 27.3 Å². The summed E-state index contributed by atoms with van der Waals surface area (Å²) >= 11 is 4.87. The van der Waals surface area contributed by atoms with Gasteiger partial charge in [-0.3, -0.25) is 4.79 Å². The van der Waals surface area contributed by atoms with Crippen molar-refractivity contribution in [2.45, 2.75) is 6.54 Å². The lowest BCUT2D eigenvalue weighted by atomic mass is 10.2. The Labute approximate surface area is 121 Å². The zero-order valence-corrected chi connectivity index (χ0v) is 12.0. The van der Waals surface area contributed by atoms with Crippen LogP contribution in [-0.4, -0.2) is 22.0 Å². The summed E-state index contributed by atoms with van der Waals surface area (Å²) in [6, 6.07) is 6.54. The van der Waals surface area contributed by atoms with Gasteiger partial charge in [0.15, 0.2) is 0 Å². The van der Waals surface area contributed by atoms with Gasteiger partial charge in [0.25, 0.3) is 5.91 Å². The molecule has 0 unspecified atom stereocenters. The Morgan fingerprint density at radius 1 is 1.37 bits per heavy atom. The van der Waals surface area contributed by atoms with Gasteiger partial charge in [-0.1, -0.05) is 0 Å².